The molecule has 9 aromatic rings. The van der Waals surface area contributed by atoms with Crippen molar-refractivity contribution >= 4 is 51.0 Å². The van der Waals surface area contributed by atoms with E-state index >= 15 is 0 Å². The molecule has 0 radical (unpaired) electrons. The average Bonchev–Trinajstić information content (AvgIpc) is 3.90. The quantitative estimate of drug-likeness (QED) is 0.166. The highest BCUT2D eigenvalue weighted by Gasteiger charge is 2.39. The standard InChI is InChI=1S/C51H38N2O/c1-51(2)46-34-36(25-30-42(46)44-31-32-45-43-20-12-13-21-47(43)53(50(45)49(44)51)39-18-10-5-11-19-39)48-33-29-41(54-48)28-24-35-22-26-40(27-23-35)52(37-14-6-3-7-15-37)38-16-8-4-9-17-38/h3-34H,1-2H3. The number of fused-ring (bicyclic) bond motifs is 7. The minimum atomic E-state index is -0.223. The minimum Gasteiger partial charge on any atom is -0.457 e. The van der Waals surface area contributed by atoms with E-state index < -0.39 is 0 Å². The maximum absolute atomic E-state index is 6.46. The largest absolute Gasteiger partial charge is 0.457 e. The zero-order valence-electron chi connectivity index (χ0n) is 30.3. The monoisotopic (exact) mass is 694 g/mol. The third kappa shape index (κ3) is 5.20. The first-order chi connectivity index (χ1) is 26.5. The Kier molecular flexibility index (Phi) is 7.48. The van der Waals surface area contributed by atoms with Gasteiger partial charge >= 0.3 is 0 Å². The normalized spacial score (nSPS) is 13.1. The second-order valence-corrected chi connectivity index (χ2v) is 14.6. The number of aromatic nitrogens is 1. The van der Waals surface area contributed by atoms with Gasteiger partial charge in [-0.2, -0.15) is 0 Å². The molecule has 0 aliphatic heterocycles. The molecule has 0 spiro atoms. The number of anilines is 3. The van der Waals surface area contributed by atoms with E-state index in [0.717, 1.165) is 39.7 Å². The predicted molar refractivity (Wildman–Crippen MR) is 226 cm³/mol. The van der Waals surface area contributed by atoms with Crippen LogP contribution in [0.15, 0.2) is 186 Å². The SMILES string of the molecule is CC1(C)c2cc(-c3ccc(C=Cc4ccc(N(c5ccccc5)c5ccccc5)cc4)o3)ccc2-c2ccc3c4ccccc4n(-c4ccccc4)c3c21. The van der Waals surface area contributed by atoms with Gasteiger partial charge in [-0.3, -0.25) is 0 Å². The highest BCUT2D eigenvalue weighted by molar-refractivity contribution is 6.13. The van der Waals surface area contributed by atoms with Crippen LogP contribution in [0.5, 0.6) is 0 Å². The van der Waals surface area contributed by atoms with E-state index in [4.69, 9.17) is 4.42 Å². The van der Waals surface area contributed by atoms with Crippen LogP contribution in [0.1, 0.15) is 36.3 Å². The van der Waals surface area contributed by atoms with Crippen molar-refractivity contribution < 1.29 is 4.42 Å². The van der Waals surface area contributed by atoms with E-state index in [9.17, 15) is 0 Å². The zero-order chi connectivity index (χ0) is 36.2. The molecule has 0 fully saturated rings. The number of benzene rings is 7. The van der Waals surface area contributed by atoms with E-state index in [1.54, 1.807) is 0 Å². The van der Waals surface area contributed by atoms with Crippen molar-refractivity contribution in [3.8, 4) is 28.1 Å². The fraction of sp³-hybridized carbons (Fsp3) is 0.0588. The number of para-hydroxylation sites is 4. The van der Waals surface area contributed by atoms with Gasteiger partial charge in [0.1, 0.15) is 11.5 Å². The highest BCUT2D eigenvalue weighted by atomic mass is 16.3. The summed E-state index contributed by atoms with van der Waals surface area (Å²) >= 11 is 0. The topological polar surface area (TPSA) is 21.3 Å². The van der Waals surface area contributed by atoms with Gasteiger partial charge in [0.2, 0.25) is 0 Å². The molecule has 0 saturated heterocycles. The van der Waals surface area contributed by atoms with Crippen molar-refractivity contribution in [3.05, 3.63) is 204 Å². The summed E-state index contributed by atoms with van der Waals surface area (Å²) in [6.07, 6.45) is 4.16. The van der Waals surface area contributed by atoms with Crippen molar-refractivity contribution in [2.24, 2.45) is 0 Å². The first kappa shape index (κ1) is 31.9. The van der Waals surface area contributed by atoms with E-state index in [2.05, 4.69) is 217 Å². The summed E-state index contributed by atoms with van der Waals surface area (Å²) in [6.45, 7) is 4.74. The Morgan fingerprint density at radius 2 is 1.17 bits per heavy atom. The first-order valence-corrected chi connectivity index (χ1v) is 18.6. The molecule has 0 unspecified atom stereocenters. The number of rotatable bonds is 7. The van der Waals surface area contributed by atoms with Gasteiger partial charge in [0.15, 0.2) is 0 Å². The number of hydrogen-bond donors (Lipinski definition) is 0. The van der Waals surface area contributed by atoms with E-state index in [-0.39, 0.29) is 5.41 Å². The molecule has 0 saturated carbocycles. The second kappa shape index (κ2) is 12.7. The lowest BCUT2D eigenvalue weighted by molar-refractivity contribution is 0.571. The van der Waals surface area contributed by atoms with Crippen LogP contribution < -0.4 is 4.90 Å². The molecule has 0 atom stereocenters. The molecule has 54 heavy (non-hydrogen) atoms. The number of nitrogens with zero attached hydrogens (tertiary/aromatic N) is 2. The third-order valence-electron chi connectivity index (χ3n) is 11.0. The van der Waals surface area contributed by atoms with E-state index in [1.165, 1.54) is 49.7 Å². The van der Waals surface area contributed by atoms with Crippen LogP contribution in [-0.4, -0.2) is 4.57 Å². The van der Waals surface area contributed by atoms with Crippen molar-refractivity contribution in [2.45, 2.75) is 19.3 Å². The van der Waals surface area contributed by atoms with Gasteiger partial charge in [0, 0.05) is 44.5 Å². The van der Waals surface area contributed by atoms with Gasteiger partial charge in [-0.1, -0.05) is 129 Å². The summed E-state index contributed by atoms with van der Waals surface area (Å²) in [5.74, 6) is 1.69. The fourth-order valence-electron chi connectivity index (χ4n) is 8.46. The van der Waals surface area contributed by atoms with E-state index in [0.29, 0.717) is 0 Å². The van der Waals surface area contributed by atoms with Crippen molar-refractivity contribution in [1.29, 1.82) is 0 Å². The third-order valence-corrected chi connectivity index (χ3v) is 11.0. The van der Waals surface area contributed by atoms with Crippen LogP contribution >= 0.6 is 0 Å². The molecule has 3 nitrogen and oxygen atoms in total. The van der Waals surface area contributed by atoms with Gasteiger partial charge in [-0.25, -0.2) is 0 Å². The van der Waals surface area contributed by atoms with Crippen molar-refractivity contribution in [2.75, 3.05) is 4.90 Å². The summed E-state index contributed by atoms with van der Waals surface area (Å²) in [5.41, 5.74) is 14.3. The Balaban J connectivity index is 0.957. The Labute approximate surface area is 315 Å². The van der Waals surface area contributed by atoms with Crippen molar-refractivity contribution in [3.63, 3.8) is 0 Å². The van der Waals surface area contributed by atoms with Gasteiger partial charge in [-0.15, -0.1) is 0 Å². The molecule has 1 aliphatic carbocycles. The average molecular weight is 695 g/mol. The Morgan fingerprint density at radius 3 is 1.89 bits per heavy atom. The highest BCUT2D eigenvalue weighted by Crippen LogP contribution is 2.53. The van der Waals surface area contributed by atoms with Crippen LogP contribution in [0.25, 0.3) is 62.1 Å². The van der Waals surface area contributed by atoms with Crippen LogP contribution in [0, 0.1) is 0 Å². The summed E-state index contributed by atoms with van der Waals surface area (Å²) < 4.78 is 8.92. The van der Waals surface area contributed by atoms with Gasteiger partial charge in [-0.05, 0) is 107 Å². The van der Waals surface area contributed by atoms with Crippen LogP contribution in [0.2, 0.25) is 0 Å². The summed E-state index contributed by atoms with van der Waals surface area (Å²) in [4.78, 5) is 2.27. The number of furan rings is 1. The predicted octanol–water partition coefficient (Wildman–Crippen LogP) is 14.0. The van der Waals surface area contributed by atoms with Crippen LogP contribution in [0.3, 0.4) is 0 Å². The molecule has 1 aliphatic rings. The molecule has 0 N–H and O–H groups in total. The molecular weight excluding hydrogens is 657 g/mol. The maximum atomic E-state index is 6.46. The Bertz CT molecular complexity index is 2780. The van der Waals surface area contributed by atoms with Crippen LogP contribution in [0.4, 0.5) is 17.1 Å². The lowest BCUT2D eigenvalue weighted by Crippen LogP contribution is -2.16. The van der Waals surface area contributed by atoms with Crippen molar-refractivity contribution in [1.82, 2.24) is 4.57 Å². The van der Waals surface area contributed by atoms with Gasteiger partial charge in [0.05, 0.1) is 11.0 Å². The second-order valence-electron chi connectivity index (χ2n) is 14.6. The Morgan fingerprint density at radius 1 is 0.537 bits per heavy atom. The molecule has 258 valence electrons. The summed E-state index contributed by atoms with van der Waals surface area (Å²) in [6, 6.07) is 64.8. The van der Waals surface area contributed by atoms with Gasteiger partial charge < -0.3 is 13.9 Å². The summed E-state index contributed by atoms with van der Waals surface area (Å²) in [5, 5.41) is 2.57. The zero-order valence-corrected chi connectivity index (χ0v) is 30.3. The smallest absolute Gasteiger partial charge is 0.134 e. The first-order valence-electron chi connectivity index (χ1n) is 18.6. The van der Waals surface area contributed by atoms with Crippen LogP contribution in [-0.2, 0) is 5.41 Å². The van der Waals surface area contributed by atoms with Gasteiger partial charge in [0.25, 0.3) is 0 Å². The molecule has 0 bridgehead atoms. The summed E-state index contributed by atoms with van der Waals surface area (Å²) in [7, 11) is 0. The molecule has 0 amide bonds. The molecule has 7 aromatic carbocycles. The maximum Gasteiger partial charge on any atom is 0.134 e. The molecule has 10 rings (SSSR count). The van der Waals surface area contributed by atoms with E-state index in [1.807, 2.05) is 0 Å². The lowest BCUT2D eigenvalue weighted by atomic mass is 9.81. The molecular formula is C51H38N2O. The minimum absolute atomic E-state index is 0.223. The Hall–Kier alpha value is -6.84. The molecule has 2 heterocycles. The molecule has 2 aromatic heterocycles. The lowest BCUT2D eigenvalue weighted by Gasteiger charge is -2.25. The molecule has 3 heteroatoms. The fourth-order valence-corrected chi connectivity index (χ4v) is 8.46. The number of hydrogen-bond acceptors (Lipinski definition) is 2.